The molecule has 28 heavy (non-hydrogen) atoms. The van der Waals surface area contributed by atoms with Crippen molar-refractivity contribution in [2.24, 2.45) is 0 Å². The molecule has 0 radical (unpaired) electrons. The third-order valence-corrected chi connectivity index (χ3v) is 5.19. The lowest BCUT2D eigenvalue weighted by atomic mass is 9.97. The third-order valence-electron chi connectivity index (χ3n) is 5.19. The average molecular weight is 383 g/mol. The highest BCUT2D eigenvalue weighted by Crippen LogP contribution is 2.29. The van der Waals surface area contributed by atoms with E-state index in [1.54, 1.807) is 31.3 Å². The van der Waals surface area contributed by atoms with E-state index in [4.69, 9.17) is 14.5 Å². The number of fused-ring (bicyclic) bond motifs is 1. The van der Waals surface area contributed by atoms with Gasteiger partial charge in [-0.1, -0.05) is 6.07 Å². The van der Waals surface area contributed by atoms with Crippen molar-refractivity contribution in [3.8, 4) is 5.75 Å². The Morgan fingerprint density at radius 3 is 2.86 bits per heavy atom. The lowest BCUT2D eigenvalue weighted by Crippen LogP contribution is -2.15. The Balaban J connectivity index is 1.67. The number of rotatable bonds is 4. The number of imidazole rings is 1. The quantitative estimate of drug-likeness (QED) is 0.741. The van der Waals surface area contributed by atoms with Gasteiger partial charge in [-0.15, -0.1) is 0 Å². The lowest BCUT2D eigenvalue weighted by Gasteiger charge is -2.19. The van der Waals surface area contributed by atoms with Gasteiger partial charge in [0.15, 0.2) is 0 Å². The van der Waals surface area contributed by atoms with E-state index in [1.165, 1.54) is 13.2 Å². The van der Waals surface area contributed by atoms with Gasteiger partial charge in [-0.25, -0.2) is 9.37 Å². The van der Waals surface area contributed by atoms with Crippen molar-refractivity contribution in [2.75, 3.05) is 25.6 Å². The van der Waals surface area contributed by atoms with Crippen LogP contribution in [0.2, 0.25) is 0 Å². The van der Waals surface area contributed by atoms with E-state index in [0.29, 0.717) is 28.5 Å². The summed E-state index contributed by atoms with van der Waals surface area (Å²) in [4.78, 5) is 17.5. The maximum atomic E-state index is 13.8. The van der Waals surface area contributed by atoms with Gasteiger partial charge in [0.1, 0.15) is 17.2 Å². The molecule has 3 heterocycles. The first-order valence-electron chi connectivity index (χ1n) is 9.27. The number of hydrogen-bond donors (Lipinski definition) is 1. The summed E-state index contributed by atoms with van der Waals surface area (Å²) in [6.45, 7) is 3.10. The summed E-state index contributed by atoms with van der Waals surface area (Å²) in [7, 11) is 1.51. The lowest BCUT2D eigenvalue weighted by molar-refractivity contribution is 0.0846. The van der Waals surface area contributed by atoms with Crippen LogP contribution in [0.3, 0.4) is 0 Å². The Kier molecular flexibility index (Phi) is 5.00. The van der Waals surface area contributed by atoms with Crippen molar-refractivity contribution >= 4 is 17.2 Å². The number of carbonyl (C=O) groups excluding carboxylic acids is 1. The Hall–Kier alpha value is -2.93. The molecule has 1 aliphatic heterocycles. The molecule has 7 heteroatoms. The van der Waals surface area contributed by atoms with E-state index in [1.807, 2.05) is 10.6 Å². The Bertz CT molecular complexity index is 1030. The van der Waals surface area contributed by atoms with E-state index < -0.39 is 0 Å². The molecule has 1 aromatic carbocycles. The van der Waals surface area contributed by atoms with Crippen LogP contribution in [-0.4, -0.2) is 35.6 Å². The van der Waals surface area contributed by atoms with Crippen LogP contribution >= 0.6 is 0 Å². The second-order valence-corrected chi connectivity index (χ2v) is 6.94. The molecule has 1 saturated heterocycles. The fraction of sp³-hybridized carbons (Fsp3) is 0.333. The van der Waals surface area contributed by atoms with Gasteiger partial charge in [0, 0.05) is 48.8 Å². The zero-order chi connectivity index (χ0) is 19.7. The summed E-state index contributed by atoms with van der Waals surface area (Å²) in [5.41, 5.74) is 2.89. The molecular formula is C21H22FN3O3. The molecule has 0 atom stereocenters. The highest BCUT2D eigenvalue weighted by atomic mass is 19.1. The van der Waals surface area contributed by atoms with Crippen LogP contribution in [0.1, 0.15) is 40.4 Å². The maximum absolute atomic E-state index is 13.8. The largest absolute Gasteiger partial charge is 0.496 e. The van der Waals surface area contributed by atoms with Crippen molar-refractivity contribution in [1.29, 1.82) is 0 Å². The summed E-state index contributed by atoms with van der Waals surface area (Å²) < 4.78 is 26.4. The van der Waals surface area contributed by atoms with Crippen molar-refractivity contribution in [3.63, 3.8) is 0 Å². The van der Waals surface area contributed by atoms with Crippen LogP contribution in [0.5, 0.6) is 5.75 Å². The number of anilines is 1. The molecule has 1 N–H and O–H groups in total. The Morgan fingerprint density at radius 2 is 2.11 bits per heavy atom. The monoisotopic (exact) mass is 383 g/mol. The molecule has 1 fully saturated rings. The topological polar surface area (TPSA) is 64.9 Å². The minimum atomic E-state index is -0.367. The molecule has 2 aromatic heterocycles. The van der Waals surface area contributed by atoms with Crippen LogP contribution in [-0.2, 0) is 4.74 Å². The number of pyridine rings is 1. The molecule has 6 nitrogen and oxygen atoms in total. The van der Waals surface area contributed by atoms with E-state index in [9.17, 15) is 9.18 Å². The third kappa shape index (κ3) is 3.45. The van der Waals surface area contributed by atoms with Crippen LogP contribution < -0.4 is 10.1 Å². The standard InChI is InChI=1S/C21H22FN3O3/c1-13-16(22)4-3-5-17(13)24-21(26)15-11-25-12-18(14-6-8-28-9-7-14)23-20(25)10-19(15)27-2/h3-5,10-12,14H,6-9H2,1-2H3,(H,24,26). The maximum Gasteiger partial charge on any atom is 0.260 e. The number of methoxy groups -OCH3 is 1. The number of hydrogen-bond acceptors (Lipinski definition) is 4. The number of ether oxygens (including phenoxy) is 2. The van der Waals surface area contributed by atoms with Gasteiger partial charge in [-0.05, 0) is 31.9 Å². The average Bonchev–Trinajstić information content (AvgIpc) is 3.14. The summed E-state index contributed by atoms with van der Waals surface area (Å²) in [5.74, 6) is 0.0414. The highest BCUT2D eigenvalue weighted by Gasteiger charge is 2.21. The molecule has 0 bridgehead atoms. The number of halogens is 1. The van der Waals surface area contributed by atoms with E-state index >= 15 is 0 Å². The van der Waals surface area contributed by atoms with Crippen molar-refractivity contribution in [3.05, 3.63) is 59.3 Å². The minimum absolute atomic E-state index is 0.354. The summed E-state index contributed by atoms with van der Waals surface area (Å²) in [6, 6.07) is 6.34. The number of benzene rings is 1. The first-order chi connectivity index (χ1) is 13.6. The van der Waals surface area contributed by atoms with E-state index in [2.05, 4.69) is 5.32 Å². The fourth-order valence-electron chi connectivity index (χ4n) is 3.50. The highest BCUT2D eigenvalue weighted by molar-refractivity contribution is 6.06. The first-order valence-corrected chi connectivity index (χ1v) is 9.27. The Morgan fingerprint density at radius 1 is 1.32 bits per heavy atom. The smallest absolute Gasteiger partial charge is 0.260 e. The van der Waals surface area contributed by atoms with Gasteiger partial charge >= 0.3 is 0 Å². The number of carbonyl (C=O) groups is 1. The van der Waals surface area contributed by atoms with E-state index in [0.717, 1.165) is 37.4 Å². The SMILES string of the molecule is COc1cc2nc(C3CCOCC3)cn2cc1C(=O)Nc1cccc(F)c1C. The second-order valence-electron chi connectivity index (χ2n) is 6.94. The number of nitrogens with zero attached hydrogens (tertiary/aromatic N) is 2. The minimum Gasteiger partial charge on any atom is -0.496 e. The van der Waals surface area contributed by atoms with Gasteiger partial charge in [0.25, 0.3) is 5.91 Å². The normalized spacial score (nSPS) is 15.0. The van der Waals surface area contributed by atoms with Gasteiger partial charge in [0.05, 0.1) is 18.4 Å². The van der Waals surface area contributed by atoms with Gasteiger partial charge in [-0.2, -0.15) is 0 Å². The zero-order valence-corrected chi connectivity index (χ0v) is 15.9. The van der Waals surface area contributed by atoms with Crippen LogP contribution in [0, 0.1) is 12.7 Å². The molecule has 146 valence electrons. The number of nitrogens with one attached hydrogen (secondary N) is 1. The van der Waals surface area contributed by atoms with Crippen LogP contribution in [0.4, 0.5) is 10.1 Å². The van der Waals surface area contributed by atoms with Gasteiger partial charge in [0.2, 0.25) is 0 Å². The van der Waals surface area contributed by atoms with Crippen LogP contribution in [0.15, 0.2) is 36.7 Å². The molecule has 0 aliphatic carbocycles. The summed E-state index contributed by atoms with van der Waals surface area (Å²) in [6.07, 6.45) is 5.53. The van der Waals surface area contributed by atoms with Gasteiger partial charge < -0.3 is 19.2 Å². The molecule has 1 amide bonds. The molecule has 0 spiro atoms. The fourth-order valence-corrected chi connectivity index (χ4v) is 3.50. The Labute approximate surface area is 162 Å². The van der Waals surface area contributed by atoms with E-state index in [-0.39, 0.29) is 11.7 Å². The van der Waals surface area contributed by atoms with Crippen molar-refractivity contribution in [1.82, 2.24) is 9.38 Å². The number of amides is 1. The molecule has 0 unspecified atom stereocenters. The van der Waals surface area contributed by atoms with Crippen molar-refractivity contribution < 1.29 is 18.7 Å². The van der Waals surface area contributed by atoms with Gasteiger partial charge in [-0.3, -0.25) is 4.79 Å². The number of aromatic nitrogens is 2. The molecule has 0 saturated carbocycles. The summed E-state index contributed by atoms with van der Waals surface area (Å²) in [5, 5.41) is 2.77. The molecule has 3 aromatic rings. The predicted octanol–water partition coefficient (Wildman–Crippen LogP) is 3.94. The zero-order valence-electron chi connectivity index (χ0n) is 15.9. The first kappa shape index (κ1) is 18.4. The second kappa shape index (κ2) is 7.59. The summed E-state index contributed by atoms with van der Waals surface area (Å²) >= 11 is 0. The van der Waals surface area contributed by atoms with Crippen molar-refractivity contribution in [2.45, 2.75) is 25.7 Å². The molecule has 1 aliphatic rings. The van der Waals surface area contributed by atoms with Crippen LogP contribution in [0.25, 0.3) is 5.65 Å². The predicted molar refractivity (Wildman–Crippen MR) is 104 cm³/mol. The molecular weight excluding hydrogens is 361 g/mol. The molecule has 4 rings (SSSR count).